The van der Waals surface area contributed by atoms with Crippen molar-refractivity contribution in [1.29, 1.82) is 0 Å². The minimum atomic E-state index is -0.764. The number of thioether (sulfide) groups is 2. The van der Waals surface area contributed by atoms with Crippen LogP contribution < -0.4 is 0 Å². The fraction of sp³-hybridized carbons (Fsp3) is 0.857. The Bertz CT molecular complexity index is 204. The third-order valence-corrected chi connectivity index (χ3v) is 5.78. The van der Waals surface area contributed by atoms with Crippen LogP contribution in [0, 0.1) is 0 Å². The van der Waals surface area contributed by atoms with Crippen molar-refractivity contribution in [2.45, 2.75) is 10.5 Å². The fourth-order valence-corrected chi connectivity index (χ4v) is 4.86. The molecule has 0 aromatic heterocycles. The van der Waals surface area contributed by atoms with Gasteiger partial charge in [-0.1, -0.05) is 0 Å². The highest BCUT2D eigenvalue weighted by Crippen LogP contribution is 2.49. The molecule has 0 aliphatic carbocycles. The van der Waals surface area contributed by atoms with Gasteiger partial charge in [0.15, 0.2) is 0 Å². The van der Waals surface area contributed by atoms with Crippen molar-refractivity contribution < 1.29 is 9.90 Å². The van der Waals surface area contributed by atoms with Crippen LogP contribution in [0.4, 0.5) is 4.79 Å². The maximum Gasteiger partial charge on any atom is 0.407 e. The average Bonchev–Trinajstić information content (AvgIpc) is 2.62. The van der Waals surface area contributed by atoms with Crippen molar-refractivity contribution in [2.24, 2.45) is 0 Å². The molecule has 68 valence electrons. The summed E-state index contributed by atoms with van der Waals surface area (Å²) in [7, 11) is 0. The Morgan fingerprint density at radius 2 is 2.08 bits per heavy atom. The first kappa shape index (κ1) is 8.56. The molecule has 0 atom stereocenters. The van der Waals surface area contributed by atoms with Crippen molar-refractivity contribution in [3.8, 4) is 0 Å². The Morgan fingerprint density at radius 1 is 1.42 bits per heavy atom. The van der Waals surface area contributed by atoms with Crippen molar-refractivity contribution in [2.75, 3.05) is 24.6 Å². The second-order valence-corrected chi connectivity index (χ2v) is 6.28. The average molecular weight is 205 g/mol. The molecule has 5 heteroatoms. The topological polar surface area (TPSA) is 40.5 Å². The molecule has 1 amide bonds. The zero-order valence-electron chi connectivity index (χ0n) is 6.65. The van der Waals surface area contributed by atoms with Crippen LogP contribution in [0.2, 0.25) is 0 Å². The van der Waals surface area contributed by atoms with Crippen LogP contribution in [0.25, 0.3) is 0 Å². The zero-order chi connectivity index (χ0) is 8.60. The third-order valence-electron chi connectivity index (χ3n) is 2.28. The first-order valence-corrected chi connectivity index (χ1v) is 5.95. The number of amides is 1. The molecular formula is C7H11NO2S2. The molecule has 0 bridgehead atoms. The monoisotopic (exact) mass is 205 g/mol. The van der Waals surface area contributed by atoms with Crippen LogP contribution >= 0.6 is 23.5 Å². The molecule has 3 nitrogen and oxygen atoms in total. The lowest BCUT2D eigenvalue weighted by Crippen LogP contribution is -2.30. The molecule has 0 radical (unpaired) electrons. The number of nitrogens with zero attached hydrogens (tertiary/aromatic N) is 1. The highest BCUT2D eigenvalue weighted by Gasteiger charge is 2.43. The molecule has 12 heavy (non-hydrogen) atoms. The third kappa shape index (κ3) is 1.40. The number of rotatable bonds is 0. The Balaban J connectivity index is 2.01. The molecule has 1 spiro atoms. The fourth-order valence-electron chi connectivity index (χ4n) is 1.65. The van der Waals surface area contributed by atoms with E-state index in [-0.39, 0.29) is 4.08 Å². The van der Waals surface area contributed by atoms with Crippen LogP contribution in [0.1, 0.15) is 6.42 Å². The predicted octanol–water partition coefficient (Wildman–Crippen LogP) is 1.55. The van der Waals surface area contributed by atoms with Gasteiger partial charge in [0.1, 0.15) is 0 Å². The highest BCUT2D eigenvalue weighted by molar-refractivity contribution is 8.21. The van der Waals surface area contributed by atoms with E-state index in [9.17, 15) is 4.79 Å². The van der Waals surface area contributed by atoms with E-state index in [2.05, 4.69) is 0 Å². The molecule has 2 aliphatic rings. The quantitative estimate of drug-likeness (QED) is 0.651. The molecule has 2 heterocycles. The van der Waals surface area contributed by atoms with Gasteiger partial charge in [0, 0.05) is 24.6 Å². The predicted molar refractivity (Wildman–Crippen MR) is 51.9 cm³/mol. The van der Waals surface area contributed by atoms with Crippen LogP contribution in [-0.2, 0) is 0 Å². The lowest BCUT2D eigenvalue weighted by atomic mass is 10.4. The SMILES string of the molecule is O=C(O)N1CCC2(C1)SCCS2. The highest BCUT2D eigenvalue weighted by atomic mass is 32.2. The number of carbonyl (C=O) groups is 1. The van der Waals surface area contributed by atoms with E-state index in [0.29, 0.717) is 0 Å². The summed E-state index contributed by atoms with van der Waals surface area (Å²) in [4.78, 5) is 12.2. The summed E-state index contributed by atoms with van der Waals surface area (Å²) in [6.45, 7) is 1.44. The Hall–Kier alpha value is -0.0300. The van der Waals surface area contributed by atoms with E-state index in [4.69, 9.17) is 5.11 Å². The normalized spacial score (nSPS) is 26.8. The molecule has 0 aromatic carbocycles. The summed E-state index contributed by atoms with van der Waals surface area (Å²) in [5.41, 5.74) is 0. The lowest BCUT2D eigenvalue weighted by Gasteiger charge is -2.20. The van der Waals surface area contributed by atoms with Gasteiger partial charge in [-0.25, -0.2) is 4.79 Å². The number of carboxylic acid groups (broad SMARTS) is 1. The Morgan fingerprint density at radius 3 is 2.58 bits per heavy atom. The van der Waals surface area contributed by atoms with Crippen molar-refractivity contribution in [3.63, 3.8) is 0 Å². The largest absolute Gasteiger partial charge is 0.465 e. The van der Waals surface area contributed by atoms with E-state index < -0.39 is 6.09 Å². The van der Waals surface area contributed by atoms with Gasteiger partial charge in [-0.05, 0) is 6.42 Å². The molecule has 2 rings (SSSR count). The van der Waals surface area contributed by atoms with Gasteiger partial charge in [-0.3, -0.25) is 0 Å². The van der Waals surface area contributed by atoms with E-state index >= 15 is 0 Å². The maximum atomic E-state index is 10.6. The molecule has 2 aliphatic heterocycles. The van der Waals surface area contributed by atoms with Gasteiger partial charge < -0.3 is 10.0 Å². The number of likely N-dealkylation sites (tertiary alicyclic amines) is 1. The Labute approximate surface area is 79.9 Å². The van der Waals surface area contributed by atoms with Gasteiger partial charge in [0.25, 0.3) is 0 Å². The standard InChI is InChI=1S/C7H11NO2S2/c9-6(10)8-2-1-7(5-8)11-3-4-12-7/h1-5H2,(H,9,10). The summed E-state index contributed by atoms with van der Waals surface area (Å²) in [6, 6.07) is 0. The minimum absolute atomic E-state index is 0.221. The van der Waals surface area contributed by atoms with Gasteiger partial charge in [-0.15, -0.1) is 23.5 Å². The number of hydrogen-bond donors (Lipinski definition) is 1. The second-order valence-electron chi connectivity index (χ2n) is 3.06. The van der Waals surface area contributed by atoms with E-state index in [1.807, 2.05) is 23.5 Å². The zero-order valence-corrected chi connectivity index (χ0v) is 8.29. The van der Waals surface area contributed by atoms with Crippen molar-refractivity contribution in [3.05, 3.63) is 0 Å². The van der Waals surface area contributed by atoms with Crippen LogP contribution in [0.5, 0.6) is 0 Å². The van der Waals surface area contributed by atoms with Gasteiger partial charge in [0.2, 0.25) is 0 Å². The summed E-state index contributed by atoms with van der Waals surface area (Å²) in [5, 5.41) is 8.76. The smallest absolute Gasteiger partial charge is 0.407 e. The molecule has 0 aromatic rings. The van der Waals surface area contributed by atoms with Crippen LogP contribution in [0.3, 0.4) is 0 Å². The van der Waals surface area contributed by atoms with E-state index in [1.165, 1.54) is 16.4 Å². The maximum absolute atomic E-state index is 10.6. The van der Waals surface area contributed by atoms with Crippen LogP contribution in [-0.4, -0.2) is 44.8 Å². The van der Waals surface area contributed by atoms with Crippen molar-refractivity contribution >= 4 is 29.6 Å². The molecule has 2 saturated heterocycles. The second kappa shape index (κ2) is 3.03. The summed E-state index contributed by atoms with van der Waals surface area (Å²) < 4.78 is 0.221. The Kier molecular flexibility index (Phi) is 2.16. The van der Waals surface area contributed by atoms with E-state index in [0.717, 1.165) is 19.5 Å². The minimum Gasteiger partial charge on any atom is -0.465 e. The molecule has 0 saturated carbocycles. The van der Waals surface area contributed by atoms with Gasteiger partial charge in [-0.2, -0.15) is 0 Å². The first-order valence-electron chi connectivity index (χ1n) is 3.98. The molecular weight excluding hydrogens is 194 g/mol. The molecule has 1 N–H and O–H groups in total. The van der Waals surface area contributed by atoms with Crippen LogP contribution in [0.15, 0.2) is 0 Å². The van der Waals surface area contributed by atoms with Gasteiger partial charge in [0.05, 0.1) is 4.08 Å². The molecule has 2 fully saturated rings. The molecule has 0 unspecified atom stereocenters. The number of hydrogen-bond acceptors (Lipinski definition) is 3. The summed E-state index contributed by atoms with van der Waals surface area (Å²) in [5.74, 6) is 2.36. The summed E-state index contributed by atoms with van der Waals surface area (Å²) >= 11 is 3.86. The van der Waals surface area contributed by atoms with E-state index in [1.54, 1.807) is 0 Å². The first-order chi connectivity index (χ1) is 5.72. The summed E-state index contributed by atoms with van der Waals surface area (Å²) in [6.07, 6.45) is 0.259. The van der Waals surface area contributed by atoms with Crippen molar-refractivity contribution in [1.82, 2.24) is 4.90 Å². The lowest BCUT2D eigenvalue weighted by molar-refractivity contribution is 0.155. The van der Waals surface area contributed by atoms with Gasteiger partial charge >= 0.3 is 6.09 Å².